The van der Waals surface area contributed by atoms with E-state index in [1.165, 1.54) is 17.6 Å². The Morgan fingerprint density at radius 1 is 0.906 bits per heavy atom. The van der Waals surface area contributed by atoms with Gasteiger partial charge in [-0.25, -0.2) is 9.59 Å². The Bertz CT molecular complexity index is 983. The first-order chi connectivity index (χ1) is 14.9. The predicted molar refractivity (Wildman–Crippen MR) is 123 cm³/mol. The van der Waals surface area contributed by atoms with E-state index in [0.29, 0.717) is 12.2 Å². The fraction of sp³-hybridized carbons (Fsp3) is 0.462. The van der Waals surface area contributed by atoms with Crippen molar-refractivity contribution in [1.29, 1.82) is 0 Å². The minimum atomic E-state index is -0.723. The zero-order chi connectivity index (χ0) is 23.7. The summed E-state index contributed by atoms with van der Waals surface area (Å²) in [4.78, 5) is 26.6. The fourth-order valence-electron chi connectivity index (χ4n) is 3.64. The van der Waals surface area contributed by atoms with Gasteiger partial charge in [0.25, 0.3) is 0 Å². The van der Waals surface area contributed by atoms with Crippen LogP contribution in [0.1, 0.15) is 58.2 Å². The number of amides is 1. The summed E-state index contributed by atoms with van der Waals surface area (Å²) < 4.78 is 16.5. The molecule has 1 aliphatic heterocycles. The molecule has 6 nitrogen and oxygen atoms in total. The molecule has 0 saturated carbocycles. The Kier molecular flexibility index (Phi) is 6.54. The highest BCUT2D eigenvalue weighted by molar-refractivity contribution is 5.82. The molecule has 2 aromatic rings. The lowest BCUT2D eigenvalue weighted by Crippen LogP contribution is -2.50. The highest BCUT2D eigenvalue weighted by atomic mass is 16.6. The molecule has 32 heavy (non-hydrogen) atoms. The molecule has 0 fully saturated rings. The second kappa shape index (κ2) is 8.85. The highest BCUT2D eigenvalue weighted by Crippen LogP contribution is 2.32. The number of hydrogen-bond donors (Lipinski definition) is 0. The minimum absolute atomic E-state index is 0.0751. The maximum absolute atomic E-state index is 12.8. The number of esters is 1. The van der Waals surface area contributed by atoms with Crippen molar-refractivity contribution in [1.82, 2.24) is 4.90 Å². The maximum atomic E-state index is 12.8. The number of rotatable bonds is 3. The van der Waals surface area contributed by atoms with E-state index in [-0.39, 0.29) is 12.0 Å². The average Bonchev–Trinajstić information content (AvgIpc) is 2.70. The first-order valence-electron chi connectivity index (χ1n) is 10.8. The average molecular weight is 440 g/mol. The van der Waals surface area contributed by atoms with Gasteiger partial charge in [-0.2, -0.15) is 0 Å². The molecule has 0 radical (unpaired) electrons. The van der Waals surface area contributed by atoms with Gasteiger partial charge >= 0.3 is 12.1 Å². The summed E-state index contributed by atoms with van der Waals surface area (Å²) in [5.41, 5.74) is 2.54. The van der Waals surface area contributed by atoms with Gasteiger partial charge in [0.1, 0.15) is 23.1 Å². The standard InChI is InChI=1S/C26H33NO5/c1-25(2,3)19-9-12-20(13-10-19)31-21-11-8-17-15-22(23(28)30-7)27(16-18(17)14-21)24(29)32-26(4,5)6/h8-14,22H,15-16H2,1-7H3/t22-/m0/s1. The van der Waals surface area contributed by atoms with E-state index in [1.807, 2.05) is 30.3 Å². The molecule has 172 valence electrons. The number of ether oxygens (including phenoxy) is 3. The molecule has 1 atom stereocenters. The van der Waals surface area contributed by atoms with Gasteiger partial charge in [0, 0.05) is 6.42 Å². The third-order valence-electron chi connectivity index (χ3n) is 5.37. The van der Waals surface area contributed by atoms with Crippen LogP contribution in [-0.2, 0) is 32.6 Å². The molecule has 0 N–H and O–H groups in total. The molecule has 0 aromatic heterocycles. The summed E-state index contributed by atoms with van der Waals surface area (Å²) in [5.74, 6) is 0.957. The summed E-state index contributed by atoms with van der Waals surface area (Å²) in [6.45, 7) is 12.1. The van der Waals surface area contributed by atoms with Crippen molar-refractivity contribution in [2.45, 2.75) is 71.6 Å². The predicted octanol–water partition coefficient (Wildman–Crippen LogP) is 5.61. The lowest BCUT2D eigenvalue weighted by atomic mass is 9.87. The van der Waals surface area contributed by atoms with Crippen LogP contribution in [0.15, 0.2) is 42.5 Å². The van der Waals surface area contributed by atoms with E-state index in [9.17, 15) is 9.59 Å². The lowest BCUT2D eigenvalue weighted by molar-refractivity contribution is -0.147. The van der Waals surface area contributed by atoms with Gasteiger partial charge in [0.2, 0.25) is 0 Å². The zero-order valence-electron chi connectivity index (χ0n) is 20.0. The number of carbonyl (C=O) groups excluding carboxylic acids is 2. The van der Waals surface area contributed by atoms with Gasteiger partial charge in [-0.05, 0) is 67.1 Å². The normalized spacial score (nSPS) is 16.2. The van der Waals surface area contributed by atoms with Crippen molar-refractivity contribution in [3.8, 4) is 11.5 Å². The Hall–Kier alpha value is -3.02. The number of methoxy groups -OCH3 is 1. The van der Waals surface area contributed by atoms with E-state index in [1.54, 1.807) is 20.8 Å². The molecule has 0 unspecified atom stereocenters. The van der Waals surface area contributed by atoms with Crippen molar-refractivity contribution >= 4 is 12.1 Å². The van der Waals surface area contributed by atoms with Crippen molar-refractivity contribution in [2.75, 3.05) is 7.11 Å². The molecular weight excluding hydrogens is 406 g/mol. The van der Waals surface area contributed by atoms with Crippen LogP contribution in [0.3, 0.4) is 0 Å². The van der Waals surface area contributed by atoms with Crippen LogP contribution in [-0.4, -0.2) is 35.7 Å². The summed E-state index contributed by atoms with van der Waals surface area (Å²) in [5, 5.41) is 0. The van der Waals surface area contributed by atoms with Crippen LogP contribution >= 0.6 is 0 Å². The van der Waals surface area contributed by atoms with E-state index in [4.69, 9.17) is 14.2 Å². The highest BCUT2D eigenvalue weighted by Gasteiger charge is 2.37. The number of hydrogen-bond acceptors (Lipinski definition) is 5. The Labute approximate surface area is 190 Å². The van der Waals surface area contributed by atoms with Crippen molar-refractivity contribution in [3.63, 3.8) is 0 Å². The molecule has 0 bridgehead atoms. The fourth-order valence-corrected chi connectivity index (χ4v) is 3.64. The first kappa shape index (κ1) is 23.6. The molecule has 6 heteroatoms. The van der Waals surface area contributed by atoms with Crippen molar-refractivity contribution in [2.24, 2.45) is 0 Å². The SMILES string of the molecule is COC(=O)[C@@H]1Cc2ccc(Oc3ccc(C(C)(C)C)cc3)cc2CN1C(=O)OC(C)(C)C. The van der Waals surface area contributed by atoms with Gasteiger partial charge in [-0.3, -0.25) is 4.90 Å². The smallest absolute Gasteiger partial charge is 0.411 e. The number of carbonyl (C=O) groups is 2. The van der Waals surface area contributed by atoms with Crippen molar-refractivity contribution < 1.29 is 23.8 Å². The summed E-state index contributed by atoms with van der Waals surface area (Å²) in [6.07, 6.45) is -0.176. The Morgan fingerprint density at radius 2 is 1.53 bits per heavy atom. The van der Waals surface area contributed by atoms with Crippen LogP contribution in [0.25, 0.3) is 0 Å². The molecule has 0 aliphatic carbocycles. The first-order valence-corrected chi connectivity index (χ1v) is 10.8. The molecule has 1 amide bonds. The Balaban J connectivity index is 1.83. The van der Waals surface area contributed by atoms with Gasteiger partial charge in [-0.1, -0.05) is 39.0 Å². The van der Waals surface area contributed by atoms with E-state index < -0.39 is 23.7 Å². The van der Waals surface area contributed by atoms with E-state index in [0.717, 1.165) is 16.9 Å². The second-order valence-electron chi connectivity index (χ2n) is 10.2. The van der Waals surface area contributed by atoms with Crippen LogP contribution in [0.5, 0.6) is 11.5 Å². The summed E-state index contributed by atoms with van der Waals surface area (Å²) in [6, 6.07) is 13.1. The van der Waals surface area contributed by atoms with Crippen molar-refractivity contribution in [3.05, 3.63) is 59.2 Å². The van der Waals surface area contributed by atoms with Gasteiger partial charge < -0.3 is 14.2 Å². The molecule has 1 heterocycles. The number of fused-ring (bicyclic) bond motifs is 1. The maximum Gasteiger partial charge on any atom is 0.411 e. The van der Waals surface area contributed by atoms with Crippen LogP contribution in [0, 0.1) is 0 Å². The largest absolute Gasteiger partial charge is 0.467 e. The van der Waals surface area contributed by atoms with Gasteiger partial charge in [0.05, 0.1) is 13.7 Å². The number of nitrogens with zero attached hydrogens (tertiary/aromatic N) is 1. The summed E-state index contributed by atoms with van der Waals surface area (Å²) in [7, 11) is 1.33. The molecule has 1 aliphatic rings. The number of benzene rings is 2. The topological polar surface area (TPSA) is 65.1 Å². The lowest BCUT2D eigenvalue weighted by Gasteiger charge is -2.36. The monoisotopic (exact) mass is 439 g/mol. The van der Waals surface area contributed by atoms with Crippen LogP contribution < -0.4 is 4.74 Å². The minimum Gasteiger partial charge on any atom is -0.467 e. The van der Waals surface area contributed by atoms with Gasteiger partial charge in [-0.15, -0.1) is 0 Å². The van der Waals surface area contributed by atoms with Crippen LogP contribution in [0.4, 0.5) is 4.79 Å². The Morgan fingerprint density at radius 3 is 2.09 bits per heavy atom. The van der Waals surface area contributed by atoms with E-state index in [2.05, 4.69) is 32.9 Å². The van der Waals surface area contributed by atoms with Crippen LogP contribution in [0.2, 0.25) is 0 Å². The third-order valence-corrected chi connectivity index (χ3v) is 5.37. The molecule has 2 aromatic carbocycles. The third kappa shape index (κ3) is 5.61. The molecule has 3 rings (SSSR count). The molecular formula is C26H33NO5. The second-order valence-corrected chi connectivity index (χ2v) is 10.2. The summed E-state index contributed by atoms with van der Waals surface area (Å²) >= 11 is 0. The zero-order valence-corrected chi connectivity index (χ0v) is 20.0. The quantitative estimate of drug-likeness (QED) is 0.582. The molecule has 0 saturated heterocycles. The molecule has 0 spiro atoms. The van der Waals surface area contributed by atoms with E-state index >= 15 is 0 Å². The van der Waals surface area contributed by atoms with Gasteiger partial charge in [0.15, 0.2) is 0 Å².